The van der Waals surface area contributed by atoms with Gasteiger partial charge in [0.2, 0.25) is 0 Å². The van der Waals surface area contributed by atoms with Crippen LogP contribution in [-0.2, 0) is 6.42 Å². The molecule has 1 unspecified atom stereocenters. The first-order chi connectivity index (χ1) is 8.20. The lowest BCUT2D eigenvalue weighted by Gasteiger charge is -2.09. The van der Waals surface area contributed by atoms with E-state index in [0.717, 1.165) is 0 Å². The molecule has 0 aliphatic rings. The van der Waals surface area contributed by atoms with Crippen LogP contribution in [0.5, 0.6) is 0 Å². The molecule has 0 nitrogen and oxygen atoms in total. The van der Waals surface area contributed by atoms with E-state index in [1.165, 1.54) is 32.4 Å². The van der Waals surface area contributed by atoms with Gasteiger partial charge in [-0.3, -0.25) is 0 Å². The lowest BCUT2D eigenvalue weighted by Crippen LogP contribution is -1.91. The summed E-state index contributed by atoms with van der Waals surface area (Å²) < 4.78 is 1.34. The monoisotopic (exact) mass is 420 g/mol. The number of aryl methyl sites for hydroxylation is 1. The zero-order valence-electron chi connectivity index (χ0n) is 9.62. The molecule has 2 rings (SSSR count). The molecule has 0 spiro atoms. The second-order valence-electron chi connectivity index (χ2n) is 4.04. The third kappa shape index (κ3) is 3.55. The van der Waals surface area contributed by atoms with Crippen LogP contribution in [0, 0.1) is 2.88 Å². The summed E-state index contributed by atoms with van der Waals surface area (Å²) in [7, 11) is 0. The minimum absolute atomic E-state index is 0.318. The highest BCUT2D eigenvalue weighted by Gasteiger charge is 2.11. The highest BCUT2D eigenvalue weighted by Crippen LogP contribution is 2.34. The lowest BCUT2D eigenvalue weighted by atomic mass is 10.0. The van der Waals surface area contributed by atoms with E-state index < -0.39 is 0 Å². The smallest absolute Gasteiger partial charge is 0.0656 e. The summed E-state index contributed by atoms with van der Waals surface area (Å²) in [6, 6.07) is 11.2. The normalized spacial score (nSPS) is 12.6. The maximum absolute atomic E-state index is 3.77. The van der Waals surface area contributed by atoms with E-state index in [9.17, 15) is 0 Å². The van der Waals surface area contributed by atoms with Crippen LogP contribution < -0.4 is 0 Å². The maximum Gasteiger partial charge on any atom is 0.0656 e. The number of hydrogen-bond acceptors (Lipinski definition) is 1. The molecule has 0 bridgehead atoms. The van der Waals surface area contributed by atoms with Crippen molar-refractivity contribution in [3.05, 3.63) is 55.3 Å². The largest absolute Gasteiger partial charge is 0.137 e. The zero-order chi connectivity index (χ0) is 12.3. The zero-order valence-corrected chi connectivity index (χ0v) is 14.2. The van der Waals surface area contributed by atoms with Crippen LogP contribution in [0.1, 0.15) is 34.9 Å². The van der Waals surface area contributed by atoms with Crippen LogP contribution in [0.25, 0.3) is 0 Å². The van der Waals surface area contributed by atoms with Crippen LogP contribution in [-0.4, -0.2) is 0 Å². The van der Waals surface area contributed by atoms with E-state index in [4.69, 9.17) is 0 Å². The molecular weight excluding hydrogens is 407 g/mol. The quantitative estimate of drug-likeness (QED) is 0.433. The number of alkyl halides is 1. The fourth-order valence-corrected chi connectivity index (χ4v) is 3.93. The van der Waals surface area contributed by atoms with Crippen molar-refractivity contribution in [2.24, 2.45) is 0 Å². The van der Waals surface area contributed by atoms with Crippen LogP contribution in [0.2, 0.25) is 0 Å². The predicted molar refractivity (Wildman–Crippen MR) is 88.2 cm³/mol. The second-order valence-corrected chi connectivity index (χ2v) is 7.76. The van der Waals surface area contributed by atoms with E-state index in [0.29, 0.717) is 4.83 Å². The molecule has 2 aromatic rings. The number of rotatable bonds is 4. The molecule has 0 radical (unpaired) electrons. The van der Waals surface area contributed by atoms with Gasteiger partial charge in [0.05, 0.1) is 7.71 Å². The molecule has 1 aromatic heterocycles. The number of benzene rings is 1. The van der Waals surface area contributed by atoms with Gasteiger partial charge in [0, 0.05) is 0 Å². The van der Waals surface area contributed by atoms with E-state index in [1.807, 2.05) is 0 Å². The third-order valence-corrected chi connectivity index (χ3v) is 5.56. The number of thiophene rings is 1. The Morgan fingerprint density at radius 2 is 1.94 bits per heavy atom. The van der Waals surface area contributed by atoms with Crippen LogP contribution in [0.3, 0.4) is 0 Å². The van der Waals surface area contributed by atoms with Crippen LogP contribution >= 0.6 is 49.9 Å². The molecule has 90 valence electrons. The average molecular weight is 421 g/mol. The van der Waals surface area contributed by atoms with E-state index in [2.05, 4.69) is 81.2 Å². The Bertz CT molecular complexity index is 475. The molecule has 0 fully saturated rings. The Balaban J connectivity index is 2.16. The average Bonchev–Trinajstić information content (AvgIpc) is 2.76. The molecule has 0 aliphatic heterocycles. The molecule has 0 saturated heterocycles. The fraction of sp³-hybridized carbons (Fsp3) is 0.286. The van der Waals surface area contributed by atoms with Gasteiger partial charge in [0.25, 0.3) is 0 Å². The Hall–Kier alpha value is 0.130. The predicted octanol–water partition coefficient (Wildman–Crippen LogP) is 5.79. The maximum atomic E-state index is 3.77. The number of halogens is 2. The summed E-state index contributed by atoms with van der Waals surface area (Å²) in [6.07, 6.45) is 2.38. The van der Waals surface area contributed by atoms with Crippen molar-refractivity contribution in [3.63, 3.8) is 0 Å². The first-order valence-corrected chi connectivity index (χ1v) is 8.55. The van der Waals surface area contributed by atoms with E-state index >= 15 is 0 Å². The Kier molecular flexibility index (Phi) is 5.06. The molecule has 0 amide bonds. The lowest BCUT2D eigenvalue weighted by molar-refractivity contribution is 0.920. The van der Waals surface area contributed by atoms with Crippen molar-refractivity contribution < 1.29 is 0 Å². The topological polar surface area (TPSA) is 0 Å². The van der Waals surface area contributed by atoms with Gasteiger partial charge < -0.3 is 0 Å². The Morgan fingerprint density at radius 3 is 2.47 bits per heavy atom. The minimum Gasteiger partial charge on any atom is -0.137 e. The molecular formula is C14H14BrIS. The summed E-state index contributed by atoms with van der Waals surface area (Å²) in [6.45, 7) is 2.22. The number of hydrogen-bond donors (Lipinski definition) is 0. The van der Waals surface area contributed by atoms with Gasteiger partial charge in [-0.05, 0) is 57.1 Å². The van der Waals surface area contributed by atoms with Gasteiger partial charge in [-0.2, -0.15) is 0 Å². The molecule has 1 aromatic carbocycles. The van der Waals surface area contributed by atoms with Gasteiger partial charge in [-0.15, -0.1) is 11.3 Å². The van der Waals surface area contributed by atoms with Gasteiger partial charge in [0.15, 0.2) is 0 Å². The van der Waals surface area contributed by atoms with Crippen LogP contribution in [0.15, 0.2) is 35.7 Å². The molecule has 0 aliphatic carbocycles. The van der Waals surface area contributed by atoms with Crippen molar-refractivity contribution in [2.75, 3.05) is 0 Å². The van der Waals surface area contributed by atoms with Gasteiger partial charge in [-0.25, -0.2) is 0 Å². The van der Waals surface area contributed by atoms with Crippen LogP contribution in [0.4, 0.5) is 0 Å². The van der Waals surface area contributed by atoms with Crippen molar-refractivity contribution in [1.29, 1.82) is 0 Å². The summed E-state index contributed by atoms with van der Waals surface area (Å²) >= 11 is 7.94. The second kappa shape index (κ2) is 6.34. The standard InChI is InChI=1S/C14H14BrIS/c1-2-3-10-4-6-11(7-5-10)14(15)12-8-13(16)17-9-12/h4-9,14H,2-3H2,1H3. The molecule has 1 atom stereocenters. The summed E-state index contributed by atoms with van der Waals surface area (Å²) in [5, 5.41) is 2.22. The first kappa shape index (κ1) is 13.6. The van der Waals surface area contributed by atoms with Gasteiger partial charge in [0.1, 0.15) is 0 Å². The fourth-order valence-electron chi connectivity index (χ4n) is 1.79. The Morgan fingerprint density at radius 1 is 1.24 bits per heavy atom. The first-order valence-electron chi connectivity index (χ1n) is 5.67. The Labute approximate surface area is 129 Å². The molecule has 1 heterocycles. The van der Waals surface area contributed by atoms with Crippen molar-refractivity contribution in [3.8, 4) is 0 Å². The molecule has 0 saturated carbocycles. The summed E-state index contributed by atoms with van der Waals surface area (Å²) in [4.78, 5) is 0.318. The van der Waals surface area contributed by atoms with Gasteiger partial charge >= 0.3 is 0 Å². The summed E-state index contributed by atoms with van der Waals surface area (Å²) in [5.41, 5.74) is 4.11. The van der Waals surface area contributed by atoms with Crippen molar-refractivity contribution >= 4 is 49.9 Å². The van der Waals surface area contributed by atoms with Gasteiger partial charge in [-0.1, -0.05) is 53.5 Å². The highest BCUT2D eigenvalue weighted by molar-refractivity contribution is 14.1. The highest BCUT2D eigenvalue weighted by atomic mass is 127. The van der Waals surface area contributed by atoms with E-state index in [-0.39, 0.29) is 0 Å². The summed E-state index contributed by atoms with van der Waals surface area (Å²) in [5.74, 6) is 0. The molecule has 3 heteroatoms. The molecule has 0 N–H and O–H groups in total. The molecule has 17 heavy (non-hydrogen) atoms. The minimum atomic E-state index is 0.318. The van der Waals surface area contributed by atoms with E-state index in [1.54, 1.807) is 11.3 Å². The van der Waals surface area contributed by atoms with Crippen molar-refractivity contribution in [2.45, 2.75) is 24.6 Å². The third-order valence-electron chi connectivity index (χ3n) is 2.69. The van der Waals surface area contributed by atoms with Crippen molar-refractivity contribution in [1.82, 2.24) is 0 Å². The SMILES string of the molecule is CCCc1ccc(C(Br)c2csc(I)c2)cc1.